The van der Waals surface area contributed by atoms with E-state index in [0.717, 1.165) is 31.0 Å². The number of rotatable bonds is 4. The molecule has 3 rings (SSSR count). The van der Waals surface area contributed by atoms with E-state index in [0.29, 0.717) is 13.1 Å². The van der Waals surface area contributed by atoms with Gasteiger partial charge in [-0.1, -0.05) is 0 Å². The van der Waals surface area contributed by atoms with Gasteiger partial charge in [0.25, 0.3) is 0 Å². The normalized spacial score (nSPS) is 15.0. The van der Waals surface area contributed by atoms with Crippen LogP contribution in [0.4, 0.5) is 0 Å². The van der Waals surface area contributed by atoms with Crippen LogP contribution in [0, 0.1) is 6.92 Å². The summed E-state index contributed by atoms with van der Waals surface area (Å²) in [6.07, 6.45) is 1.06. The summed E-state index contributed by atoms with van der Waals surface area (Å²) in [6.45, 7) is 4.78. The minimum Gasteiger partial charge on any atom is -0.464 e. The third-order valence-corrected chi connectivity index (χ3v) is 4.88. The number of thiophene rings is 1. The Morgan fingerprint density at radius 3 is 3.05 bits per heavy atom. The fourth-order valence-electron chi connectivity index (χ4n) is 2.65. The van der Waals surface area contributed by atoms with Crippen molar-refractivity contribution in [3.63, 3.8) is 0 Å². The Bertz CT molecular complexity index is 632. The van der Waals surface area contributed by atoms with E-state index >= 15 is 0 Å². The highest BCUT2D eigenvalue weighted by Crippen LogP contribution is 2.23. The van der Waals surface area contributed by atoms with Crippen molar-refractivity contribution in [1.82, 2.24) is 9.80 Å². The second-order valence-electron chi connectivity index (χ2n) is 5.59. The topological polar surface area (TPSA) is 36.7 Å². The Morgan fingerprint density at radius 1 is 1.43 bits per heavy atom. The highest BCUT2D eigenvalue weighted by Gasteiger charge is 2.21. The lowest BCUT2D eigenvalue weighted by Gasteiger charge is -2.28. The Hall–Kier alpha value is -1.59. The molecular weight excluding hydrogens is 284 g/mol. The van der Waals surface area contributed by atoms with E-state index in [2.05, 4.69) is 16.3 Å². The molecule has 2 aromatic rings. The van der Waals surface area contributed by atoms with Gasteiger partial charge in [0.2, 0.25) is 5.91 Å². The summed E-state index contributed by atoms with van der Waals surface area (Å²) >= 11 is 1.82. The second-order valence-corrected chi connectivity index (χ2v) is 6.59. The molecule has 1 aliphatic heterocycles. The third kappa shape index (κ3) is 3.36. The fraction of sp³-hybridized carbons (Fsp3) is 0.438. The Morgan fingerprint density at radius 2 is 2.29 bits per heavy atom. The zero-order valence-electron chi connectivity index (χ0n) is 12.5. The molecule has 1 amide bonds. The molecule has 0 radical (unpaired) electrons. The minimum atomic E-state index is 0.141. The number of carbonyl (C=O) groups is 1. The van der Waals surface area contributed by atoms with Gasteiger partial charge >= 0.3 is 0 Å². The van der Waals surface area contributed by atoms with Crippen LogP contribution < -0.4 is 0 Å². The number of hydrogen-bond acceptors (Lipinski definition) is 4. The maximum absolute atomic E-state index is 12.3. The van der Waals surface area contributed by atoms with Crippen LogP contribution in [0.1, 0.15) is 22.0 Å². The molecule has 112 valence electrons. The molecule has 0 saturated heterocycles. The molecule has 1 aliphatic rings. The number of nitrogens with zero attached hydrogens (tertiary/aromatic N) is 2. The van der Waals surface area contributed by atoms with Gasteiger partial charge in [-0.2, -0.15) is 0 Å². The highest BCUT2D eigenvalue weighted by atomic mass is 32.1. The Kier molecular flexibility index (Phi) is 4.12. The van der Waals surface area contributed by atoms with Gasteiger partial charge in [-0.25, -0.2) is 0 Å². The first-order valence-electron chi connectivity index (χ1n) is 7.18. The average molecular weight is 304 g/mol. The van der Waals surface area contributed by atoms with E-state index in [1.165, 1.54) is 10.4 Å². The molecule has 3 heterocycles. The first-order valence-corrected chi connectivity index (χ1v) is 8.06. The Balaban J connectivity index is 1.54. The monoisotopic (exact) mass is 304 g/mol. The largest absolute Gasteiger partial charge is 0.464 e. The molecule has 0 unspecified atom stereocenters. The van der Waals surface area contributed by atoms with Gasteiger partial charge in [-0.15, -0.1) is 11.3 Å². The van der Waals surface area contributed by atoms with E-state index in [4.69, 9.17) is 4.42 Å². The molecular formula is C16H20N2O2S. The first kappa shape index (κ1) is 14.4. The van der Waals surface area contributed by atoms with Crippen LogP contribution in [0.25, 0.3) is 0 Å². The van der Waals surface area contributed by atoms with E-state index in [9.17, 15) is 4.79 Å². The van der Waals surface area contributed by atoms with Crippen molar-refractivity contribution in [2.45, 2.75) is 26.4 Å². The quantitative estimate of drug-likeness (QED) is 0.871. The van der Waals surface area contributed by atoms with Gasteiger partial charge in [0, 0.05) is 25.0 Å². The van der Waals surface area contributed by atoms with E-state index < -0.39 is 0 Å². The summed E-state index contributed by atoms with van der Waals surface area (Å²) in [5.41, 5.74) is 1.38. The van der Waals surface area contributed by atoms with Crippen LogP contribution in [0.2, 0.25) is 0 Å². The maximum Gasteiger partial charge on any atom is 0.236 e. The number of hydrogen-bond donors (Lipinski definition) is 0. The van der Waals surface area contributed by atoms with Crippen LogP contribution in [-0.2, 0) is 24.3 Å². The first-order chi connectivity index (χ1) is 10.1. The van der Waals surface area contributed by atoms with Crippen LogP contribution in [0.3, 0.4) is 0 Å². The van der Waals surface area contributed by atoms with Crippen molar-refractivity contribution in [2.75, 3.05) is 20.1 Å². The van der Waals surface area contributed by atoms with Crippen LogP contribution >= 0.6 is 11.3 Å². The highest BCUT2D eigenvalue weighted by molar-refractivity contribution is 7.10. The lowest BCUT2D eigenvalue weighted by molar-refractivity contribution is -0.132. The lowest BCUT2D eigenvalue weighted by atomic mass is 10.1. The minimum absolute atomic E-state index is 0.141. The number of likely N-dealkylation sites (N-methyl/N-ethyl adjacent to an activating group) is 1. The van der Waals surface area contributed by atoms with Gasteiger partial charge < -0.3 is 9.32 Å². The summed E-state index contributed by atoms with van der Waals surface area (Å²) in [4.78, 5) is 17.7. The summed E-state index contributed by atoms with van der Waals surface area (Å²) in [5.74, 6) is 1.86. The molecule has 5 heteroatoms. The maximum atomic E-state index is 12.3. The summed E-state index contributed by atoms with van der Waals surface area (Å²) < 4.78 is 5.52. The molecule has 0 N–H and O–H groups in total. The summed E-state index contributed by atoms with van der Waals surface area (Å²) in [6, 6.07) is 6.03. The molecule has 4 nitrogen and oxygen atoms in total. The number of carbonyl (C=O) groups excluding carboxylic acids is 1. The van der Waals surface area contributed by atoms with Gasteiger partial charge in [0.05, 0.1) is 13.1 Å². The van der Waals surface area contributed by atoms with Crippen LogP contribution in [0.15, 0.2) is 28.0 Å². The van der Waals surface area contributed by atoms with Crippen molar-refractivity contribution in [3.8, 4) is 0 Å². The van der Waals surface area contributed by atoms with Crippen molar-refractivity contribution in [3.05, 3.63) is 45.5 Å². The zero-order valence-corrected chi connectivity index (χ0v) is 13.3. The van der Waals surface area contributed by atoms with Crippen molar-refractivity contribution < 1.29 is 9.21 Å². The lowest BCUT2D eigenvalue weighted by Crippen LogP contribution is -2.40. The second kappa shape index (κ2) is 6.03. The van der Waals surface area contributed by atoms with Gasteiger partial charge in [-0.05, 0) is 42.5 Å². The standard InChI is InChI=1S/C16H20N2O2S/c1-12-3-4-14(20-12)10-17(2)16(19)11-18-7-5-15-13(9-18)6-8-21-15/h3-4,6,8H,5,7,9-11H2,1-2H3. The van der Waals surface area contributed by atoms with Crippen molar-refractivity contribution in [1.29, 1.82) is 0 Å². The predicted octanol–water partition coefficient (Wildman–Crippen LogP) is 2.67. The van der Waals surface area contributed by atoms with E-state index in [1.54, 1.807) is 4.90 Å². The average Bonchev–Trinajstić information content (AvgIpc) is 3.07. The smallest absolute Gasteiger partial charge is 0.236 e. The SMILES string of the molecule is Cc1ccc(CN(C)C(=O)CN2CCc3sccc3C2)o1. The number of fused-ring (bicyclic) bond motifs is 1. The number of aryl methyl sites for hydroxylation is 1. The third-order valence-electron chi connectivity index (χ3n) is 3.86. The molecule has 21 heavy (non-hydrogen) atoms. The molecule has 0 aromatic carbocycles. The fourth-order valence-corrected chi connectivity index (χ4v) is 3.54. The molecule has 0 fully saturated rings. The molecule has 0 aliphatic carbocycles. The van der Waals surface area contributed by atoms with Crippen molar-refractivity contribution in [2.24, 2.45) is 0 Å². The molecule has 0 saturated carbocycles. The van der Waals surface area contributed by atoms with Gasteiger partial charge in [0.15, 0.2) is 0 Å². The zero-order chi connectivity index (χ0) is 14.8. The number of furan rings is 1. The predicted molar refractivity (Wildman–Crippen MR) is 83.2 cm³/mol. The molecule has 0 atom stereocenters. The Labute approximate surface area is 129 Å². The van der Waals surface area contributed by atoms with Crippen LogP contribution in [-0.4, -0.2) is 35.8 Å². The van der Waals surface area contributed by atoms with Gasteiger partial charge in [0.1, 0.15) is 11.5 Å². The van der Waals surface area contributed by atoms with Gasteiger partial charge in [-0.3, -0.25) is 9.69 Å². The number of amides is 1. The summed E-state index contributed by atoms with van der Waals surface area (Å²) in [5, 5.41) is 2.14. The molecule has 2 aromatic heterocycles. The van der Waals surface area contributed by atoms with Crippen molar-refractivity contribution >= 4 is 17.2 Å². The van der Waals surface area contributed by atoms with E-state index in [1.807, 2.05) is 37.4 Å². The van der Waals surface area contributed by atoms with Crippen LogP contribution in [0.5, 0.6) is 0 Å². The molecule has 0 spiro atoms. The summed E-state index contributed by atoms with van der Waals surface area (Å²) in [7, 11) is 1.83. The van der Waals surface area contributed by atoms with E-state index in [-0.39, 0.29) is 5.91 Å². The molecule has 0 bridgehead atoms.